The van der Waals surface area contributed by atoms with Crippen molar-refractivity contribution in [1.29, 1.82) is 0 Å². The van der Waals surface area contributed by atoms with Crippen LogP contribution in [-0.4, -0.2) is 44.4 Å². The van der Waals surface area contributed by atoms with Crippen LogP contribution in [0.25, 0.3) is 0 Å². The molecule has 0 aromatic carbocycles. The Morgan fingerprint density at radius 2 is 0.787 bits per heavy atom. The molecule has 0 aliphatic carbocycles. The third-order valence-corrected chi connectivity index (χ3v) is 10.4. The lowest BCUT2D eigenvalue weighted by Crippen LogP contribution is -2.63. The van der Waals surface area contributed by atoms with Crippen molar-refractivity contribution in [2.75, 3.05) is 6.61 Å². The molecule has 0 fully saturated rings. The number of hydrogen-bond donors (Lipinski definition) is 3. The number of carbonyl (C=O) groups excluding carboxylic acids is 2. The molecule has 2 atom stereocenters. The van der Waals surface area contributed by atoms with Crippen LogP contribution in [0.5, 0.6) is 0 Å². The third kappa shape index (κ3) is 20.7. The molecule has 3 N–H and O–H groups in total. The molecule has 0 aromatic rings. The van der Waals surface area contributed by atoms with E-state index in [0.717, 1.165) is 64.2 Å². The maximum atomic E-state index is 12.9. The zero-order valence-corrected chi connectivity index (χ0v) is 31.1. The van der Waals surface area contributed by atoms with Crippen LogP contribution in [0.15, 0.2) is 24.3 Å². The SMILES string of the molecule is CCCCCCCCC=CCCCCCCCC(=O)C(O)(CO)C(O)(C(=O)CCCCCCCC=CCCCCCCCC)P(=O)=O. The number of rotatable bonds is 35. The molecule has 0 radical (unpaired) electrons. The van der Waals surface area contributed by atoms with Crippen molar-refractivity contribution in [3.8, 4) is 0 Å². The molecule has 0 aliphatic rings. The minimum Gasteiger partial charge on any atom is -0.393 e. The highest BCUT2D eigenvalue weighted by atomic mass is 31.1. The van der Waals surface area contributed by atoms with E-state index in [9.17, 15) is 34.0 Å². The van der Waals surface area contributed by atoms with Crippen LogP contribution in [0, 0.1) is 0 Å². The van der Waals surface area contributed by atoms with Gasteiger partial charge in [-0.05, 0) is 64.2 Å². The molecule has 7 nitrogen and oxygen atoms in total. The van der Waals surface area contributed by atoms with Gasteiger partial charge in [0.05, 0.1) is 6.61 Å². The molecule has 0 aromatic heterocycles. The average Bonchev–Trinajstić information content (AvgIpc) is 3.06. The summed E-state index contributed by atoms with van der Waals surface area (Å²) in [5.74, 6) is -2.15. The fourth-order valence-electron chi connectivity index (χ4n) is 5.97. The Morgan fingerprint density at radius 3 is 1.11 bits per heavy atom. The lowest BCUT2D eigenvalue weighted by atomic mass is 9.85. The third-order valence-electron chi connectivity index (χ3n) is 9.25. The highest BCUT2D eigenvalue weighted by Crippen LogP contribution is 2.40. The van der Waals surface area contributed by atoms with Crippen molar-refractivity contribution >= 4 is 19.2 Å². The van der Waals surface area contributed by atoms with Crippen molar-refractivity contribution < 1.29 is 34.0 Å². The Labute approximate surface area is 288 Å². The Hall–Kier alpha value is -1.40. The maximum Gasteiger partial charge on any atom is 0.359 e. The fourth-order valence-corrected chi connectivity index (χ4v) is 6.78. The molecule has 0 saturated heterocycles. The van der Waals surface area contributed by atoms with Gasteiger partial charge in [-0.2, -0.15) is 0 Å². The topological polar surface area (TPSA) is 129 Å². The van der Waals surface area contributed by atoms with Crippen molar-refractivity contribution in [1.82, 2.24) is 0 Å². The van der Waals surface area contributed by atoms with Gasteiger partial charge in [-0.1, -0.05) is 141 Å². The molecule has 0 spiro atoms. The van der Waals surface area contributed by atoms with E-state index in [1.165, 1.54) is 77.0 Å². The van der Waals surface area contributed by atoms with Crippen molar-refractivity contribution in [2.45, 2.75) is 205 Å². The maximum absolute atomic E-state index is 12.9. The summed E-state index contributed by atoms with van der Waals surface area (Å²) in [6.45, 7) is 3.12. The summed E-state index contributed by atoms with van der Waals surface area (Å²) >= 11 is 0. The summed E-state index contributed by atoms with van der Waals surface area (Å²) in [7, 11) is -3.93. The van der Waals surface area contributed by atoms with Crippen LogP contribution in [0.4, 0.5) is 0 Å². The molecule has 8 heteroatoms. The monoisotopic (exact) mass is 682 g/mol. The Kier molecular flexibility index (Phi) is 29.7. The van der Waals surface area contributed by atoms with Crippen LogP contribution in [0.2, 0.25) is 0 Å². The van der Waals surface area contributed by atoms with E-state index >= 15 is 0 Å². The van der Waals surface area contributed by atoms with Crippen molar-refractivity contribution in [3.05, 3.63) is 24.3 Å². The summed E-state index contributed by atoms with van der Waals surface area (Å²) in [6.07, 6.45) is 36.2. The van der Waals surface area contributed by atoms with E-state index in [4.69, 9.17) is 0 Å². The molecular weight excluding hydrogens is 611 g/mol. The normalized spacial score (nSPS) is 14.5. The molecular formula is C39H71O7P. The van der Waals surface area contributed by atoms with Gasteiger partial charge < -0.3 is 15.3 Å². The van der Waals surface area contributed by atoms with E-state index in [1.54, 1.807) is 0 Å². The molecule has 0 saturated carbocycles. The van der Waals surface area contributed by atoms with Gasteiger partial charge in [0.25, 0.3) is 5.34 Å². The van der Waals surface area contributed by atoms with Crippen LogP contribution < -0.4 is 0 Å². The van der Waals surface area contributed by atoms with Gasteiger partial charge in [0.1, 0.15) is 0 Å². The zero-order valence-electron chi connectivity index (χ0n) is 30.2. The van der Waals surface area contributed by atoms with Gasteiger partial charge in [-0.25, -0.2) is 9.13 Å². The number of aliphatic hydroxyl groups excluding tert-OH is 1. The first-order chi connectivity index (χ1) is 22.7. The van der Waals surface area contributed by atoms with Gasteiger partial charge in [0.2, 0.25) is 0 Å². The number of aliphatic hydroxyl groups is 3. The Balaban J connectivity index is 4.32. The number of carbonyl (C=O) groups is 2. The van der Waals surface area contributed by atoms with Crippen LogP contribution in [0.1, 0.15) is 194 Å². The largest absolute Gasteiger partial charge is 0.393 e. The van der Waals surface area contributed by atoms with Crippen LogP contribution in [0.3, 0.4) is 0 Å². The average molecular weight is 683 g/mol. The van der Waals surface area contributed by atoms with Gasteiger partial charge in [-0.3, -0.25) is 9.59 Å². The second-order valence-electron chi connectivity index (χ2n) is 13.5. The first-order valence-corrected chi connectivity index (χ1v) is 20.5. The van der Waals surface area contributed by atoms with E-state index in [0.29, 0.717) is 25.7 Å². The minimum absolute atomic E-state index is 0.221. The van der Waals surface area contributed by atoms with E-state index in [1.807, 2.05) is 0 Å². The number of Topliss-reactive ketones (excluding diaryl/α,β-unsaturated/α-hetero) is 2. The molecule has 47 heavy (non-hydrogen) atoms. The molecule has 0 amide bonds. The number of unbranched alkanes of at least 4 members (excludes halogenated alkanes) is 22. The zero-order chi connectivity index (χ0) is 35.1. The van der Waals surface area contributed by atoms with Gasteiger partial charge in [0.15, 0.2) is 17.2 Å². The second kappa shape index (κ2) is 30.6. The summed E-state index contributed by atoms with van der Waals surface area (Å²) in [5, 5.41) is 28.3. The predicted octanol–water partition coefficient (Wildman–Crippen LogP) is 10.8. The van der Waals surface area contributed by atoms with Gasteiger partial charge in [0, 0.05) is 12.8 Å². The predicted molar refractivity (Wildman–Crippen MR) is 194 cm³/mol. The Bertz CT molecular complexity index is 905. The molecule has 0 aliphatic heterocycles. The first-order valence-electron chi connectivity index (χ1n) is 19.3. The highest BCUT2D eigenvalue weighted by Gasteiger charge is 2.62. The molecule has 0 heterocycles. The minimum atomic E-state index is -3.93. The first kappa shape index (κ1) is 45.6. The van der Waals surface area contributed by atoms with Crippen molar-refractivity contribution in [3.63, 3.8) is 0 Å². The summed E-state index contributed by atoms with van der Waals surface area (Å²) in [4.78, 5) is 25.8. The summed E-state index contributed by atoms with van der Waals surface area (Å²) < 4.78 is 24.2. The quantitative estimate of drug-likeness (QED) is 0.0344. The van der Waals surface area contributed by atoms with E-state index in [-0.39, 0.29) is 12.8 Å². The van der Waals surface area contributed by atoms with Crippen LogP contribution >= 0.6 is 7.68 Å². The van der Waals surface area contributed by atoms with E-state index in [2.05, 4.69) is 38.2 Å². The second-order valence-corrected chi connectivity index (χ2v) is 14.6. The number of allylic oxidation sites excluding steroid dienone is 4. The molecule has 2 unspecified atom stereocenters. The highest BCUT2D eigenvalue weighted by molar-refractivity contribution is 7.34. The lowest BCUT2D eigenvalue weighted by molar-refractivity contribution is -0.173. The van der Waals surface area contributed by atoms with Crippen molar-refractivity contribution in [2.24, 2.45) is 0 Å². The van der Waals surface area contributed by atoms with Crippen LogP contribution in [-0.2, 0) is 18.7 Å². The number of hydrogen-bond acceptors (Lipinski definition) is 7. The number of ketones is 2. The van der Waals surface area contributed by atoms with E-state index < -0.39 is 36.8 Å². The molecule has 0 rings (SSSR count). The standard InChI is InChI=1S/C39H71O7P/c1-3-5-7-9-11-13-15-17-19-21-23-25-27-29-31-33-36(41)38(43,35-40)39(44,47(45)46)37(42)34-32-30-28-26-24-22-20-18-16-14-12-10-8-6-4-2/h17-20,40,43-44H,3-16,21-35H2,1-2H3. The van der Waals surface area contributed by atoms with Gasteiger partial charge in [-0.15, -0.1) is 0 Å². The Morgan fingerprint density at radius 1 is 0.489 bits per heavy atom. The fraction of sp³-hybridized carbons (Fsp3) is 0.846. The van der Waals surface area contributed by atoms with Gasteiger partial charge >= 0.3 is 7.68 Å². The molecule has 0 bridgehead atoms. The summed E-state index contributed by atoms with van der Waals surface area (Å²) in [5.41, 5.74) is -3.07. The lowest BCUT2D eigenvalue weighted by Gasteiger charge is -2.34. The smallest absolute Gasteiger partial charge is 0.359 e. The molecule has 274 valence electrons. The summed E-state index contributed by atoms with van der Waals surface area (Å²) in [6, 6.07) is 0.